The summed E-state index contributed by atoms with van der Waals surface area (Å²) in [6.07, 6.45) is 10.6. The highest BCUT2D eigenvalue weighted by molar-refractivity contribution is 6.00. The first-order valence-electron chi connectivity index (χ1n) is 25.7. The number of hydrogen-bond acceptors (Lipinski definition) is 10. The number of rotatable bonds is 12. The summed E-state index contributed by atoms with van der Waals surface area (Å²) in [6.45, 7) is 12.3. The van der Waals surface area contributed by atoms with Crippen LogP contribution in [0.15, 0.2) is 82.7 Å². The lowest BCUT2D eigenvalue weighted by Gasteiger charge is -2.39. The molecule has 0 radical (unpaired) electrons. The van der Waals surface area contributed by atoms with Gasteiger partial charge >= 0.3 is 5.69 Å². The van der Waals surface area contributed by atoms with Gasteiger partial charge in [-0.1, -0.05) is 12.1 Å². The highest BCUT2D eigenvalue weighted by Gasteiger charge is 2.36. The first-order valence-corrected chi connectivity index (χ1v) is 25.7. The van der Waals surface area contributed by atoms with Gasteiger partial charge in [0.15, 0.2) is 0 Å². The smallest absolute Gasteiger partial charge is 0.330 e. The molecule has 4 aromatic heterocycles. The number of pyridine rings is 2. The zero-order valence-electron chi connectivity index (χ0n) is 41.7. The number of aromatic nitrogens is 5. The van der Waals surface area contributed by atoms with Gasteiger partial charge in [0.2, 0.25) is 11.8 Å². The first-order chi connectivity index (χ1) is 34.8. The molecule has 11 rings (SSSR count). The van der Waals surface area contributed by atoms with Gasteiger partial charge in [0, 0.05) is 144 Å². The van der Waals surface area contributed by atoms with Gasteiger partial charge in [-0.2, -0.15) is 0 Å². The molecule has 16 nitrogen and oxygen atoms in total. The Balaban J connectivity index is 0.670. The molecule has 0 unspecified atom stereocenters. The molecule has 0 bridgehead atoms. The number of piperidine rings is 2. The summed E-state index contributed by atoms with van der Waals surface area (Å²) in [6, 6.07) is 16.4. The van der Waals surface area contributed by atoms with Gasteiger partial charge in [-0.3, -0.25) is 48.0 Å². The summed E-state index contributed by atoms with van der Waals surface area (Å²) in [4.78, 5) is 79.2. The predicted molar refractivity (Wildman–Crippen MR) is 276 cm³/mol. The molecule has 3 saturated heterocycles. The average Bonchev–Trinajstić information content (AvgIpc) is 4.10. The zero-order chi connectivity index (χ0) is 49.9. The molecule has 1 saturated carbocycles. The van der Waals surface area contributed by atoms with Crippen LogP contribution in [-0.4, -0.2) is 127 Å². The van der Waals surface area contributed by atoms with Crippen molar-refractivity contribution in [3.8, 4) is 5.69 Å². The molecule has 3 amide bonds. The van der Waals surface area contributed by atoms with E-state index in [1.807, 2.05) is 47.7 Å². The van der Waals surface area contributed by atoms with Crippen LogP contribution in [0.2, 0.25) is 0 Å². The number of likely N-dealkylation sites (tertiary alicyclic amines) is 1. The normalized spacial score (nSPS) is 20.3. The van der Waals surface area contributed by atoms with Crippen molar-refractivity contribution in [1.82, 2.24) is 48.2 Å². The molecule has 4 aliphatic heterocycles. The van der Waals surface area contributed by atoms with E-state index in [2.05, 4.69) is 66.1 Å². The zero-order valence-corrected chi connectivity index (χ0v) is 41.7. The maximum absolute atomic E-state index is 16.1. The second-order valence-electron chi connectivity index (χ2n) is 20.7. The largest absolute Gasteiger partial charge is 0.388 e. The van der Waals surface area contributed by atoms with Crippen molar-refractivity contribution in [2.75, 3.05) is 71.3 Å². The molecule has 1 aliphatic carbocycles. The first kappa shape index (κ1) is 47.6. The molecule has 2 aromatic carbocycles. The number of hydrogen-bond donors (Lipinski definition) is 2. The van der Waals surface area contributed by atoms with Gasteiger partial charge in [0.05, 0.1) is 16.7 Å². The quantitative estimate of drug-likeness (QED) is 0.136. The number of imidazole rings is 1. The Morgan fingerprint density at radius 1 is 0.861 bits per heavy atom. The van der Waals surface area contributed by atoms with Crippen LogP contribution in [0, 0.1) is 18.7 Å². The summed E-state index contributed by atoms with van der Waals surface area (Å²) < 4.78 is 23.3. The summed E-state index contributed by atoms with van der Waals surface area (Å²) in [5.41, 5.74) is 8.57. The third-order valence-electron chi connectivity index (χ3n) is 16.2. The van der Waals surface area contributed by atoms with Crippen LogP contribution in [0.5, 0.6) is 0 Å². The number of fused-ring (bicyclic) bond motifs is 2. The Morgan fingerprint density at radius 3 is 2.33 bits per heavy atom. The number of nitrogens with zero attached hydrogens (tertiary/aromatic N) is 9. The number of aryl methyl sites for hydroxylation is 2. The Morgan fingerprint density at radius 2 is 1.64 bits per heavy atom. The highest BCUT2D eigenvalue weighted by Crippen LogP contribution is 2.38. The minimum atomic E-state index is -0.686. The number of benzene rings is 2. The molecular weight excluding hydrogens is 914 g/mol. The fourth-order valence-corrected chi connectivity index (χ4v) is 12.0. The van der Waals surface area contributed by atoms with E-state index in [9.17, 15) is 24.0 Å². The maximum atomic E-state index is 16.1. The van der Waals surface area contributed by atoms with E-state index in [0.29, 0.717) is 49.5 Å². The fourth-order valence-electron chi connectivity index (χ4n) is 12.0. The number of imide groups is 1. The van der Waals surface area contributed by atoms with Gasteiger partial charge in [-0.25, -0.2) is 14.2 Å². The second kappa shape index (κ2) is 19.4. The third kappa shape index (κ3) is 8.99. The molecule has 0 spiro atoms. The second-order valence-corrected chi connectivity index (χ2v) is 20.7. The standard InChI is InChI=1S/C55H64FN11O5/c1-34-27-39(29-43(56)51(34)38-14-20-63(21-15-38)35(2)47-31-42-44(11-17-58-52(42)60(47)4)65-22-16-40(57-3)30-50(65)69)54(71)64-18-12-36(13-19-64)32-61-23-25-62(26-24-61)33-37-5-8-45-48(28-37)66(41-6-7-41)55(72)67(45)46-9-10-49(68)59-53(46)70/h5,8,11,14,16-17,22,27-31,35-36,41,46,57H,6-7,9-10,12-13,15,18-21,23-26,32-33H2,1-4H3,(H,59,68,70)/t35-,46+/m0/s1. The van der Waals surface area contributed by atoms with Crippen molar-refractivity contribution >= 4 is 51.0 Å². The van der Waals surface area contributed by atoms with Crippen molar-refractivity contribution in [3.05, 3.63) is 128 Å². The van der Waals surface area contributed by atoms with E-state index in [1.165, 1.54) is 6.07 Å². The SMILES string of the molecule is CNc1ccn(-c2ccnc3c2cc([C@H](C)N2CC=C(c4c(C)cc(C(=O)N5CCC(CN6CCN(Cc7ccc8c(c7)n(C7CC7)c(=O)n8[C@@H]7CCC(=O)NC7=O)CC6)CC5)cc4F)CC2)n3C)c(=O)c1. The molecule has 72 heavy (non-hydrogen) atoms. The lowest BCUT2D eigenvalue weighted by atomic mass is 9.92. The molecule has 5 aliphatic rings. The van der Waals surface area contributed by atoms with E-state index >= 15 is 4.39 Å². The molecule has 8 heterocycles. The maximum Gasteiger partial charge on any atom is 0.330 e. The Hall–Kier alpha value is -6.69. The van der Waals surface area contributed by atoms with Crippen LogP contribution in [0.25, 0.3) is 33.3 Å². The van der Waals surface area contributed by atoms with Crippen molar-refractivity contribution in [3.63, 3.8) is 0 Å². The Labute approximate surface area is 417 Å². The van der Waals surface area contributed by atoms with Crippen molar-refractivity contribution in [1.29, 1.82) is 0 Å². The predicted octanol–water partition coefficient (Wildman–Crippen LogP) is 6.16. The molecule has 6 aromatic rings. The minimum Gasteiger partial charge on any atom is -0.388 e. The summed E-state index contributed by atoms with van der Waals surface area (Å²) in [5, 5.41) is 6.33. The summed E-state index contributed by atoms with van der Waals surface area (Å²) in [7, 11) is 3.80. The van der Waals surface area contributed by atoms with Crippen molar-refractivity contribution in [2.24, 2.45) is 13.0 Å². The lowest BCUT2D eigenvalue weighted by molar-refractivity contribution is -0.135. The van der Waals surface area contributed by atoms with Crippen LogP contribution < -0.4 is 21.9 Å². The molecule has 376 valence electrons. The van der Waals surface area contributed by atoms with Crippen LogP contribution in [0.4, 0.5) is 10.1 Å². The Bertz CT molecular complexity index is 3250. The van der Waals surface area contributed by atoms with Crippen LogP contribution in [-0.2, 0) is 23.2 Å². The number of nitrogens with one attached hydrogen (secondary N) is 2. The molecule has 2 atom stereocenters. The average molecular weight is 978 g/mol. The number of carbonyl (C=O) groups is 3. The molecule has 4 fully saturated rings. The molecule has 17 heteroatoms. The van der Waals surface area contributed by atoms with Crippen LogP contribution in [0.1, 0.15) is 103 Å². The highest BCUT2D eigenvalue weighted by atomic mass is 19.1. The van der Waals surface area contributed by atoms with Crippen molar-refractivity contribution in [2.45, 2.75) is 83.5 Å². The number of carbonyl (C=O) groups excluding carboxylic acids is 3. The summed E-state index contributed by atoms with van der Waals surface area (Å²) in [5.74, 6) is -0.681. The topological polar surface area (TPSA) is 155 Å². The summed E-state index contributed by atoms with van der Waals surface area (Å²) >= 11 is 0. The minimum absolute atomic E-state index is 0.0320. The van der Waals surface area contributed by atoms with E-state index in [-0.39, 0.29) is 47.4 Å². The third-order valence-corrected chi connectivity index (χ3v) is 16.2. The monoisotopic (exact) mass is 978 g/mol. The van der Waals surface area contributed by atoms with Gasteiger partial charge < -0.3 is 19.7 Å². The van der Waals surface area contributed by atoms with E-state index in [0.717, 1.165) is 127 Å². The fraction of sp³-hybridized carbons (Fsp3) is 0.455. The number of piperazine rings is 1. The molecule has 2 N–H and O–H groups in total. The van der Waals surface area contributed by atoms with Gasteiger partial charge in [-0.05, 0) is 117 Å². The van der Waals surface area contributed by atoms with E-state index < -0.39 is 11.9 Å². The van der Waals surface area contributed by atoms with Gasteiger partial charge in [0.25, 0.3) is 11.5 Å². The molecular formula is C55H64FN11O5. The Kier molecular flexibility index (Phi) is 12.8. The lowest BCUT2D eigenvalue weighted by Crippen LogP contribution is -2.48. The number of anilines is 1. The number of halogens is 1. The van der Waals surface area contributed by atoms with E-state index in [1.54, 1.807) is 34.6 Å². The van der Waals surface area contributed by atoms with Gasteiger partial charge in [-0.15, -0.1) is 0 Å². The van der Waals surface area contributed by atoms with Crippen LogP contribution in [0.3, 0.4) is 0 Å². The van der Waals surface area contributed by atoms with E-state index in [4.69, 9.17) is 0 Å². The van der Waals surface area contributed by atoms with Gasteiger partial charge in [0.1, 0.15) is 17.5 Å². The number of amides is 3. The van der Waals surface area contributed by atoms with Crippen molar-refractivity contribution < 1.29 is 18.8 Å². The van der Waals surface area contributed by atoms with Crippen LogP contribution >= 0.6 is 0 Å².